The minimum Gasteiger partial charge on any atom is -0.368 e. The van der Waals surface area contributed by atoms with E-state index >= 15 is 0 Å². The predicted octanol–water partition coefficient (Wildman–Crippen LogP) is 1.73. The highest BCUT2D eigenvalue weighted by molar-refractivity contribution is 7.07. The SMILES string of the molecule is N#Cc1ccc(N2CCN(Cc3cscn3)CC2)cn1. The second kappa shape index (κ2) is 5.99. The molecule has 102 valence electrons. The van der Waals surface area contributed by atoms with Crippen LogP contribution in [-0.2, 0) is 6.54 Å². The van der Waals surface area contributed by atoms with Crippen LogP contribution in [0.1, 0.15) is 11.4 Å². The van der Waals surface area contributed by atoms with E-state index in [1.165, 1.54) is 0 Å². The van der Waals surface area contributed by atoms with Crippen molar-refractivity contribution in [3.63, 3.8) is 0 Å². The third-order valence-corrected chi connectivity index (χ3v) is 4.10. The summed E-state index contributed by atoms with van der Waals surface area (Å²) in [6, 6.07) is 5.79. The number of nitriles is 1. The molecule has 0 amide bonds. The molecule has 0 saturated carbocycles. The molecule has 6 heteroatoms. The van der Waals surface area contributed by atoms with Crippen LogP contribution >= 0.6 is 11.3 Å². The Balaban J connectivity index is 1.56. The molecule has 5 nitrogen and oxygen atoms in total. The van der Waals surface area contributed by atoms with Gasteiger partial charge in [-0.05, 0) is 12.1 Å². The van der Waals surface area contributed by atoms with E-state index in [9.17, 15) is 0 Å². The zero-order valence-electron chi connectivity index (χ0n) is 11.1. The second-order valence-electron chi connectivity index (χ2n) is 4.76. The van der Waals surface area contributed by atoms with Crippen LogP contribution in [0.5, 0.6) is 0 Å². The van der Waals surface area contributed by atoms with Crippen molar-refractivity contribution in [1.82, 2.24) is 14.9 Å². The second-order valence-corrected chi connectivity index (χ2v) is 5.48. The molecule has 3 heterocycles. The molecule has 20 heavy (non-hydrogen) atoms. The number of aromatic nitrogens is 2. The van der Waals surface area contributed by atoms with Crippen molar-refractivity contribution in [1.29, 1.82) is 5.26 Å². The zero-order chi connectivity index (χ0) is 13.8. The Bertz CT molecular complexity index is 579. The Morgan fingerprint density at radius 1 is 1.20 bits per heavy atom. The molecular formula is C14H15N5S. The molecule has 3 rings (SSSR count). The van der Waals surface area contributed by atoms with E-state index in [2.05, 4.69) is 25.1 Å². The van der Waals surface area contributed by atoms with Crippen LogP contribution in [-0.4, -0.2) is 41.0 Å². The maximum absolute atomic E-state index is 8.76. The number of rotatable bonds is 3. The number of anilines is 1. The summed E-state index contributed by atoms with van der Waals surface area (Å²) in [4.78, 5) is 13.2. The molecule has 1 aliphatic heterocycles. The highest BCUT2D eigenvalue weighted by Gasteiger charge is 2.17. The molecular weight excluding hydrogens is 270 g/mol. The molecule has 2 aromatic heterocycles. The van der Waals surface area contributed by atoms with Crippen LogP contribution in [0.15, 0.2) is 29.2 Å². The van der Waals surface area contributed by atoms with Crippen LogP contribution in [0.4, 0.5) is 5.69 Å². The first-order valence-corrected chi connectivity index (χ1v) is 7.50. The standard InChI is InChI=1S/C14H15N5S/c15-7-12-1-2-14(8-16-12)19-5-3-18(4-6-19)9-13-10-20-11-17-13/h1-2,8,10-11H,3-6,9H2. The Labute approximate surface area is 122 Å². The third-order valence-electron chi connectivity index (χ3n) is 3.47. The van der Waals surface area contributed by atoms with Crippen molar-refractivity contribution < 1.29 is 0 Å². The highest BCUT2D eigenvalue weighted by Crippen LogP contribution is 2.16. The number of nitrogens with zero attached hydrogens (tertiary/aromatic N) is 5. The van der Waals surface area contributed by atoms with Gasteiger partial charge in [-0.1, -0.05) is 0 Å². The molecule has 0 aromatic carbocycles. The summed E-state index contributed by atoms with van der Waals surface area (Å²) in [6.45, 7) is 4.95. The van der Waals surface area contributed by atoms with E-state index in [0.29, 0.717) is 5.69 Å². The molecule has 0 N–H and O–H groups in total. The fourth-order valence-electron chi connectivity index (χ4n) is 2.35. The topological polar surface area (TPSA) is 56.1 Å². The summed E-state index contributed by atoms with van der Waals surface area (Å²) >= 11 is 1.65. The molecule has 2 aromatic rings. The summed E-state index contributed by atoms with van der Waals surface area (Å²) in [5.74, 6) is 0. The average Bonchev–Trinajstić information content (AvgIpc) is 3.01. The van der Waals surface area contributed by atoms with Crippen LogP contribution < -0.4 is 4.90 Å². The van der Waals surface area contributed by atoms with E-state index in [1.807, 2.05) is 17.6 Å². The zero-order valence-corrected chi connectivity index (χ0v) is 11.9. The van der Waals surface area contributed by atoms with Crippen molar-refractivity contribution >= 4 is 17.0 Å². The lowest BCUT2D eigenvalue weighted by Gasteiger charge is -2.35. The molecule has 1 saturated heterocycles. The molecule has 0 aliphatic carbocycles. The number of hydrogen-bond acceptors (Lipinski definition) is 6. The summed E-state index contributed by atoms with van der Waals surface area (Å²) < 4.78 is 0. The van der Waals surface area contributed by atoms with E-state index in [1.54, 1.807) is 23.6 Å². The van der Waals surface area contributed by atoms with Gasteiger partial charge in [-0.3, -0.25) is 4.90 Å². The van der Waals surface area contributed by atoms with Gasteiger partial charge in [0.1, 0.15) is 11.8 Å². The monoisotopic (exact) mass is 285 g/mol. The van der Waals surface area contributed by atoms with Crippen molar-refractivity contribution in [3.8, 4) is 6.07 Å². The average molecular weight is 285 g/mol. The summed E-state index contributed by atoms with van der Waals surface area (Å²) in [5, 5.41) is 10.9. The van der Waals surface area contributed by atoms with Crippen LogP contribution in [0.25, 0.3) is 0 Å². The largest absolute Gasteiger partial charge is 0.368 e. The molecule has 1 aliphatic rings. The van der Waals surface area contributed by atoms with Gasteiger partial charge in [0.15, 0.2) is 0 Å². The van der Waals surface area contributed by atoms with Gasteiger partial charge < -0.3 is 4.90 Å². The molecule has 0 radical (unpaired) electrons. The lowest BCUT2D eigenvalue weighted by atomic mass is 10.2. The number of piperazine rings is 1. The van der Waals surface area contributed by atoms with Gasteiger partial charge in [-0.15, -0.1) is 11.3 Å². The Morgan fingerprint density at radius 3 is 2.65 bits per heavy atom. The molecule has 0 spiro atoms. The van der Waals surface area contributed by atoms with E-state index in [0.717, 1.165) is 44.1 Å². The summed E-state index contributed by atoms with van der Waals surface area (Å²) in [6.07, 6.45) is 1.79. The Morgan fingerprint density at radius 2 is 2.05 bits per heavy atom. The minimum absolute atomic E-state index is 0.468. The van der Waals surface area contributed by atoms with Gasteiger partial charge in [0.2, 0.25) is 0 Å². The van der Waals surface area contributed by atoms with Gasteiger partial charge >= 0.3 is 0 Å². The maximum Gasteiger partial charge on any atom is 0.140 e. The summed E-state index contributed by atoms with van der Waals surface area (Å²) in [5.41, 5.74) is 4.60. The smallest absolute Gasteiger partial charge is 0.140 e. The summed E-state index contributed by atoms with van der Waals surface area (Å²) in [7, 11) is 0. The van der Waals surface area contributed by atoms with Gasteiger partial charge in [-0.25, -0.2) is 9.97 Å². The first kappa shape index (κ1) is 13.0. The molecule has 0 atom stereocenters. The van der Waals surface area contributed by atoms with Crippen molar-refractivity contribution in [2.45, 2.75) is 6.54 Å². The van der Waals surface area contributed by atoms with Crippen molar-refractivity contribution in [2.75, 3.05) is 31.1 Å². The Hall–Kier alpha value is -1.97. The van der Waals surface area contributed by atoms with E-state index in [-0.39, 0.29) is 0 Å². The molecule has 0 bridgehead atoms. The van der Waals surface area contributed by atoms with Crippen LogP contribution in [0.2, 0.25) is 0 Å². The number of hydrogen-bond donors (Lipinski definition) is 0. The lowest BCUT2D eigenvalue weighted by molar-refractivity contribution is 0.247. The van der Waals surface area contributed by atoms with Gasteiger partial charge in [0.05, 0.1) is 23.1 Å². The van der Waals surface area contributed by atoms with Gasteiger partial charge in [0.25, 0.3) is 0 Å². The lowest BCUT2D eigenvalue weighted by Crippen LogP contribution is -2.46. The molecule has 1 fully saturated rings. The number of pyridine rings is 1. The van der Waals surface area contributed by atoms with Gasteiger partial charge in [0, 0.05) is 38.1 Å². The fraction of sp³-hybridized carbons (Fsp3) is 0.357. The van der Waals surface area contributed by atoms with Crippen molar-refractivity contribution in [2.24, 2.45) is 0 Å². The quantitative estimate of drug-likeness (QED) is 0.859. The highest BCUT2D eigenvalue weighted by atomic mass is 32.1. The van der Waals surface area contributed by atoms with E-state index < -0.39 is 0 Å². The molecule has 0 unspecified atom stereocenters. The maximum atomic E-state index is 8.76. The minimum atomic E-state index is 0.468. The normalized spacial score (nSPS) is 16.1. The first-order chi connectivity index (χ1) is 9.85. The van der Waals surface area contributed by atoms with E-state index in [4.69, 9.17) is 5.26 Å². The van der Waals surface area contributed by atoms with Crippen LogP contribution in [0.3, 0.4) is 0 Å². The first-order valence-electron chi connectivity index (χ1n) is 6.55. The van der Waals surface area contributed by atoms with Gasteiger partial charge in [-0.2, -0.15) is 5.26 Å². The Kier molecular flexibility index (Phi) is 3.90. The van der Waals surface area contributed by atoms with Crippen LogP contribution in [0, 0.1) is 11.3 Å². The fourth-order valence-corrected chi connectivity index (χ4v) is 2.90. The third kappa shape index (κ3) is 2.95. The number of thiazole rings is 1. The predicted molar refractivity (Wildman–Crippen MR) is 78.6 cm³/mol. The van der Waals surface area contributed by atoms with Crippen molar-refractivity contribution in [3.05, 3.63) is 40.6 Å².